The highest BCUT2D eigenvalue weighted by Gasteiger charge is 2.51. The first-order chi connectivity index (χ1) is 18.3. The maximum absolute atomic E-state index is 13.3. The number of benzene rings is 3. The maximum atomic E-state index is 13.3. The molecule has 2 saturated heterocycles. The van der Waals surface area contributed by atoms with E-state index in [1.807, 2.05) is 25.1 Å². The predicted molar refractivity (Wildman–Crippen MR) is 140 cm³/mol. The Labute approximate surface area is 225 Å². The number of nitrogens with zero attached hydrogens (tertiary/aromatic N) is 2. The fourth-order valence-corrected chi connectivity index (χ4v) is 7.60. The number of piperazine rings is 1. The van der Waals surface area contributed by atoms with Crippen LogP contribution in [-0.2, 0) is 22.2 Å². The quantitative estimate of drug-likeness (QED) is 0.397. The summed E-state index contributed by atoms with van der Waals surface area (Å²) in [5.41, 5.74) is 0.506. The van der Waals surface area contributed by atoms with Crippen molar-refractivity contribution < 1.29 is 31.1 Å². The highest BCUT2D eigenvalue weighted by Crippen LogP contribution is 2.39. The van der Waals surface area contributed by atoms with E-state index < -0.39 is 27.6 Å². The molecule has 5 rings (SSSR count). The minimum Gasteiger partial charge on any atom is -0.376 e. The summed E-state index contributed by atoms with van der Waals surface area (Å²) in [6.07, 6.45) is -3.23. The first kappa shape index (κ1) is 27.8. The van der Waals surface area contributed by atoms with Crippen LogP contribution in [0.1, 0.15) is 36.5 Å². The molecular weight excluding hydrogens is 532 g/mol. The number of rotatable bonds is 6. The zero-order valence-electron chi connectivity index (χ0n) is 21.6. The molecule has 10 heteroatoms. The molecule has 2 aliphatic rings. The molecule has 5 nitrogen and oxygen atoms in total. The van der Waals surface area contributed by atoms with Crippen LogP contribution in [0, 0.1) is 12.7 Å². The Morgan fingerprint density at radius 3 is 2.05 bits per heavy atom. The third-order valence-corrected chi connectivity index (χ3v) is 9.91. The molecule has 39 heavy (non-hydrogen) atoms. The second-order valence-corrected chi connectivity index (χ2v) is 12.5. The molecule has 0 spiro atoms. The summed E-state index contributed by atoms with van der Waals surface area (Å²) in [5.74, 6) is -0.477. The first-order valence-corrected chi connectivity index (χ1v) is 14.2. The summed E-state index contributed by atoms with van der Waals surface area (Å²) in [6.45, 7) is 4.52. The Kier molecular flexibility index (Phi) is 7.12. The lowest BCUT2D eigenvalue weighted by molar-refractivity contribution is -0.258. The Morgan fingerprint density at radius 2 is 1.51 bits per heavy atom. The van der Waals surface area contributed by atoms with E-state index in [0.29, 0.717) is 19.6 Å². The lowest BCUT2D eigenvalue weighted by Crippen LogP contribution is -2.55. The molecule has 3 atom stereocenters. The van der Waals surface area contributed by atoms with Crippen LogP contribution in [0.2, 0.25) is 0 Å². The van der Waals surface area contributed by atoms with Gasteiger partial charge in [0.2, 0.25) is 10.0 Å². The number of alkyl halides is 3. The fourth-order valence-electron chi connectivity index (χ4n) is 5.75. The van der Waals surface area contributed by atoms with Crippen LogP contribution in [0.4, 0.5) is 17.6 Å². The molecule has 2 bridgehead atoms. The van der Waals surface area contributed by atoms with Crippen LogP contribution in [0.25, 0.3) is 11.1 Å². The van der Waals surface area contributed by atoms with Crippen molar-refractivity contribution in [3.8, 4) is 11.1 Å². The van der Waals surface area contributed by atoms with E-state index in [1.54, 1.807) is 16.4 Å². The molecule has 2 heterocycles. The third kappa shape index (κ3) is 5.23. The van der Waals surface area contributed by atoms with Gasteiger partial charge in [-0.25, -0.2) is 12.8 Å². The van der Waals surface area contributed by atoms with Crippen molar-refractivity contribution >= 4 is 10.0 Å². The molecule has 3 aromatic rings. The molecule has 2 aliphatic heterocycles. The van der Waals surface area contributed by atoms with Gasteiger partial charge in [0.15, 0.2) is 5.60 Å². The van der Waals surface area contributed by atoms with Crippen molar-refractivity contribution in [1.82, 2.24) is 9.21 Å². The predicted octanol–water partition coefficient (Wildman–Crippen LogP) is 5.61. The van der Waals surface area contributed by atoms with Gasteiger partial charge >= 0.3 is 6.18 Å². The molecule has 0 amide bonds. The SMILES string of the molecule is Cc1cc(CN2CC3CCC(C2)N3S(=O)(=O)c2ccc(F)cc2)ccc1-c1ccc(C(C)(O)C(F)(F)F)cc1. The largest absolute Gasteiger partial charge is 0.421 e. The summed E-state index contributed by atoms with van der Waals surface area (Å²) >= 11 is 0. The van der Waals surface area contributed by atoms with Crippen LogP contribution in [0.15, 0.2) is 71.6 Å². The molecule has 3 unspecified atom stereocenters. The molecule has 208 valence electrons. The number of halogens is 4. The van der Waals surface area contributed by atoms with Crippen LogP contribution in [0.3, 0.4) is 0 Å². The van der Waals surface area contributed by atoms with Gasteiger partial charge in [0.25, 0.3) is 0 Å². The van der Waals surface area contributed by atoms with Crippen LogP contribution in [0.5, 0.6) is 0 Å². The molecule has 0 aromatic heterocycles. The van der Waals surface area contributed by atoms with Crippen molar-refractivity contribution in [3.63, 3.8) is 0 Å². The summed E-state index contributed by atoms with van der Waals surface area (Å²) in [5, 5.41) is 9.92. The van der Waals surface area contributed by atoms with E-state index in [9.17, 15) is 31.1 Å². The minimum absolute atomic E-state index is 0.107. The number of hydrogen-bond donors (Lipinski definition) is 1. The van der Waals surface area contributed by atoms with E-state index in [1.165, 1.54) is 24.3 Å². The molecule has 0 aliphatic carbocycles. The van der Waals surface area contributed by atoms with Crippen molar-refractivity contribution in [3.05, 3.63) is 89.2 Å². The average Bonchev–Trinajstić information content (AvgIpc) is 3.15. The lowest BCUT2D eigenvalue weighted by Gasteiger charge is -2.40. The Morgan fingerprint density at radius 1 is 0.923 bits per heavy atom. The topological polar surface area (TPSA) is 60.9 Å². The summed E-state index contributed by atoms with van der Waals surface area (Å²) in [6, 6.07) is 16.4. The van der Waals surface area contributed by atoms with Crippen molar-refractivity contribution in [1.29, 1.82) is 0 Å². The molecule has 0 saturated carbocycles. The van der Waals surface area contributed by atoms with Crippen LogP contribution < -0.4 is 0 Å². The average molecular weight is 563 g/mol. The highest BCUT2D eigenvalue weighted by atomic mass is 32.2. The molecule has 1 N–H and O–H groups in total. The van der Waals surface area contributed by atoms with E-state index in [4.69, 9.17) is 0 Å². The van der Waals surface area contributed by atoms with E-state index in [0.717, 1.165) is 54.2 Å². The number of sulfonamides is 1. The van der Waals surface area contributed by atoms with Gasteiger partial charge in [0, 0.05) is 31.7 Å². The Balaban J connectivity index is 1.28. The highest BCUT2D eigenvalue weighted by molar-refractivity contribution is 7.89. The number of likely N-dealkylation sites (tertiary alicyclic amines) is 1. The van der Waals surface area contributed by atoms with Gasteiger partial charge in [-0.3, -0.25) is 4.90 Å². The van der Waals surface area contributed by atoms with Gasteiger partial charge in [-0.2, -0.15) is 17.5 Å². The molecule has 2 fully saturated rings. The summed E-state index contributed by atoms with van der Waals surface area (Å²) in [7, 11) is -3.71. The zero-order valence-corrected chi connectivity index (χ0v) is 22.4. The summed E-state index contributed by atoms with van der Waals surface area (Å²) in [4.78, 5) is 2.36. The minimum atomic E-state index is -4.78. The van der Waals surface area contributed by atoms with Crippen molar-refractivity contribution in [2.75, 3.05) is 13.1 Å². The van der Waals surface area contributed by atoms with Gasteiger partial charge < -0.3 is 5.11 Å². The van der Waals surface area contributed by atoms with Crippen LogP contribution >= 0.6 is 0 Å². The smallest absolute Gasteiger partial charge is 0.376 e. The second kappa shape index (κ2) is 9.99. The van der Waals surface area contributed by atoms with Crippen molar-refractivity contribution in [2.24, 2.45) is 0 Å². The number of hydrogen-bond acceptors (Lipinski definition) is 4. The van der Waals surface area contributed by atoms with Gasteiger partial charge in [-0.15, -0.1) is 0 Å². The van der Waals surface area contributed by atoms with E-state index in [2.05, 4.69) is 4.90 Å². The third-order valence-electron chi connectivity index (χ3n) is 7.89. The van der Waals surface area contributed by atoms with E-state index in [-0.39, 0.29) is 22.5 Å². The van der Waals surface area contributed by atoms with Gasteiger partial charge in [-0.05, 0) is 78.8 Å². The van der Waals surface area contributed by atoms with Crippen LogP contribution in [-0.4, -0.2) is 54.1 Å². The zero-order chi connectivity index (χ0) is 28.2. The molecule has 0 radical (unpaired) electrons. The van der Waals surface area contributed by atoms with Gasteiger partial charge in [0.1, 0.15) is 5.82 Å². The molecular formula is C29H30F4N2O3S. The summed E-state index contributed by atoms with van der Waals surface area (Å²) < 4.78 is 81.0. The molecule has 3 aromatic carbocycles. The normalized spacial score (nSPS) is 22.1. The van der Waals surface area contributed by atoms with Gasteiger partial charge in [-0.1, -0.05) is 42.5 Å². The standard InChI is InChI=1S/C29H30F4N2O3S/c1-19-15-20(3-14-27(19)21-4-6-22(7-5-21)28(2,36)29(31,32)33)16-34-17-24-10-11-25(18-34)35(24)39(37,38)26-12-8-23(30)9-13-26/h3-9,12-15,24-25,36H,10-11,16-18H2,1-2H3. The number of aliphatic hydroxyl groups is 1. The Bertz CT molecular complexity index is 1440. The Hall–Kier alpha value is -2.79. The van der Waals surface area contributed by atoms with Crippen molar-refractivity contribution in [2.45, 2.75) is 62.0 Å². The fraction of sp³-hybridized carbons (Fsp3) is 0.379. The van der Waals surface area contributed by atoms with E-state index >= 15 is 0 Å². The monoisotopic (exact) mass is 562 g/mol. The van der Waals surface area contributed by atoms with Gasteiger partial charge in [0.05, 0.1) is 4.90 Å². The second-order valence-electron chi connectivity index (χ2n) is 10.7. The number of fused-ring (bicyclic) bond motifs is 2. The lowest BCUT2D eigenvalue weighted by atomic mass is 9.92. The number of aryl methyl sites for hydroxylation is 1. The maximum Gasteiger partial charge on any atom is 0.421 e. The first-order valence-electron chi connectivity index (χ1n) is 12.8.